The van der Waals surface area contributed by atoms with Crippen molar-refractivity contribution in [1.29, 1.82) is 0 Å². The minimum absolute atomic E-state index is 0.0520. The van der Waals surface area contributed by atoms with Crippen LogP contribution in [0, 0.1) is 16.7 Å². The molecule has 5 atom stereocenters. The molecule has 2 aliphatic rings. The van der Waals surface area contributed by atoms with Crippen LogP contribution in [0.15, 0.2) is 55.1 Å². The maximum absolute atomic E-state index is 12.8. The zero-order valence-corrected chi connectivity index (χ0v) is 18.4. The molecule has 30 heavy (non-hydrogen) atoms. The molecule has 1 N–H and O–H groups in total. The molecule has 2 aromatic rings. The highest BCUT2D eigenvalue weighted by molar-refractivity contribution is 5.86. The van der Waals surface area contributed by atoms with Crippen molar-refractivity contribution in [1.82, 2.24) is 0 Å². The Hall–Kier alpha value is -2.13. The van der Waals surface area contributed by atoms with Gasteiger partial charge >= 0.3 is 5.97 Å². The standard InChI is InChI=1S/C27H34O3/c1-5-6-12-19(28)17-23(29)30-25-22-15-16-27(4,26(22,2)3)24(25)21-14-9-11-18-10-7-8-13-20(18)21/h5,7-11,13-14,19,22,24-25,28H,1,6,12,15-17H2,2-4H3/t19-,22-,24-,25-,27+/m1/s1. The fourth-order valence-corrected chi connectivity index (χ4v) is 6.28. The van der Waals surface area contributed by atoms with Crippen LogP contribution < -0.4 is 0 Å². The van der Waals surface area contributed by atoms with Crippen LogP contribution in [0.3, 0.4) is 0 Å². The van der Waals surface area contributed by atoms with E-state index in [9.17, 15) is 9.90 Å². The van der Waals surface area contributed by atoms with E-state index in [4.69, 9.17) is 4.74 Å². The Balaban J connectivity index is 1.68. The molecule has 160 valence electrons. The fourth-order valence-electron chi connectivity index (χ4n) is 6.28. The van der Waals surface area contributed by atoms with Gasteiger partial charge < -0.3 is 9.84 Å². The van der Waals surface area contributed by atoms with Crippen molar-refractivity contribution < 1.29 is 14.6 Å². The molecule has 0 aliphatic heterocycles. The van der Waals surface area contributed by atoms with Gasteiger partial charge in [-0.3, -0.25) is 4.79 Å². The van der Waals surface area contributed by atoms with Crippen LogP contribution in [-0.4, -0.2) is 23.3 Å². The number of aliphatic hydroxyl groups is 1. The molecule has 0 saturated heterocycles. The molecule has 4 rings (SSSR count). The Morgan fingerprint density at radius 3 is 2.73 bits per heavy atom. The summed E-state index contributed by atoms with van der Waals surface area (Å²) in [6.45, 7) is 10.8. The van der Waals surface area contributed by atoms with E-state index in [2.05, 4.69) is 69.8 Å². The average Bonchev–Trinajstić information content (AvgIpc) is 3.03. The molecule has 2 saturated carbocycles. The van der Waals surface area contributed by atoms with Crippen molar-refractivity contribution in [2.24, 2.45) is 16.7 Å². The lowest BCUT2D eigenvalue weighted by Gasteiger charge is -2.40. The Morgan fingerprint density at radius 1 is 1.23 bits per heavy atom. The molecule has 0 radical (unpaired) electrons. The van der Waals surface area contributed by atoms with Crippen LogP contribution in [0.2, 0.25) is 0 Å². The van der Waals surface area contributed by atoms with Gasteiger partial charge in [0.2, 0.25) is 0 Å². The van der Waals surface area contributed by atoms with Crippen LogP contribution in [0.1, 0.15) is 64.4 Å². The molecule has 0 heterocycles. The van der Waals surface area contributed by atoms with Crippen molar-refractivity contribution in [2.75, 3.05) is 0 Å². The second-order valence-electron chi connectivity index (χ2n) is 10.0. The van der Waals surface area contributed by atoms with E-state index in [0.29, 0.717) is 18.8 Å². The first-order chi connectivity index (χ1) is 14.3. The van der Waals surface area contributed by atoms with Gasteiger partial charge in [-0.25, -0.2) is 0 Å². The van der Waals surface area contributed by atoms with Crippen molar-refractivity contribution in [3.8, 4) is 0 Å². The number of fused-ring (bicyclic) bond motifs is 3. The summed E-state index contributed by atoms with van der Waals surface area (Å²) in [7, 11) is 0. The molecule has 0 spiro atoms. The SMILES string of the molecule is C=CCC[C@@H](O)CC(=O)O[C@@H]1[C@H]2CC[C@@](C)([C@@H]1c1cccc3ccccc13)C2(C)C. The maximum atomic E-state index is 12.8. The van der Waals surface area contributed by atoms with E-state index in [-0.39, 0.29) is 35.2 Å². The number of esters is 1. The molecule has 3 heteroatoms. The highest BCUT2D eigenvalue weighted by Gasteiger charge is 2.67. The van der Waals surface area contributed by atoms with Gasteiger partial charge in [-0.15, -0.1) is 6.58 Å². The summed E-state index contributed by atoms with van der Waals surface area (Å²) in [5.41, 5.74) is 1.44. The lowest BCUT2D eigenvalue weighted by atomic mass is 9.64. The summed E-state index contributed by atoms with van der Waals surface area (Å²) < 4.78 is 6.19. The number of aliphatic hydroxyl groups excluding tert-OH is 1. The average molecular weight is 407 g/mol. The monoisotopic (exact) mass is 406 g/mol. The Bertz CT molecular complexity index is 941. The van der Waals surface area contributed by atoms with Gasteiger partial charge in [0.05, 0.1) is 12.5 Å². The number of rotatable bonds is 7. The summed E-state index contributed by atoms with van der Waals surface area (Å²) in [4.78, 5) is 12.8. The molecule has 2 aliphatic carbocycles. The Morgan fingerprint density at radius 2 is 1.97 bits per heavy atom. The normalized spacial score (nSPS) is 30.3. The molecule has 2 fully saturated rings. The van der Waals surface area contributed by atoms with Crippen LogP contribution >= 0.6 is 0 Å². The summed E-state index contributed by atoms with van der Waals surface area (Å²) >= 11 is 0. The van der Waals surface area contributed by atoms with Gasteiger partial charge in [-0.2, -0.15) is 0 Å². The number of carbonyl (C=O) groups excluding carboxylic acids is 1. The first-order valence-electron chi connectivity index (χ1n) is 11.3. The molecule has 0 unspecified atom stereocenters. The molecule has 0 amide bonds. The van der Waals surface area contributed by atoms with Crippen molar-refractivity contribution in [3.05, 3.63) is 60.7 Å². The maximum Gasteiger partial charge on any atom is 0.308 e. The number of carbonyl (C=O) groups is 1. The summed E-state index contributed by atoms with van der Waals surface area (Å²) in [6.07, 6.45) is 4.47. The quantitative estimate of drug-likeness (QED) is 0.452. The second-order valence-corrected chi connectivity index (χ2v) is 10.0. The van der Waals surface area contributed by atoms with Crippen molar-refractivity contribution in [3.63, 3.8) is 0 Å². The number of benzene rings is 2. The topological polar surface area (TPSA) is 46.5 Å². The van der Waals surface area contributed by atoms with E-state index >= 15 is 0 Å². The molecular weight excluding hydrogens is 372 g/mol. The number of ether oxygens (including phenoxy) is 1. The first-order valence-corrected chi connectivity index (χ1v) is 11.3. The van der Waals surface area contributed by atoms with Gasteiger partial charge in [0.25, 0.3) is 0 Å². The molecule has 0 aromatic heterocycles. The summed E-state index contributed by atoms with van der Waals surface area (Å²) in [6, 6.07) is 15.0. The van der Waals surface area contributed by atoms with E-state index < -0.39 is 6.10 Å². The minimum atomic E-state index is -0.673. The number of hydrogen-bond acceptors (Lipinski definition) is 3. The lowest BCUT2D eigenvalue weighted by Crippen LogP contribution is -2.35. The Kier molecular flexibility index (Phi) is 5.52. The van der Waals surface area contributed by atoms with Crippen LogP contribution in [-0.2, 0) is 9.53 Å². The van der Waals surface area contributed by atoms with Crippen LogP contribution in [0.4, 0.5) is 0 Å². The number of allylic oxidation sites excluding steroid dienone is 1. The van der Waals surface area contributed by atoms with E-state index in [1.165, 1.54) is 16.3 Å². The van der Waals surface area contributed by atoms with E-state index in [1.807, 2.05) is 0 Å². The third kappa shape index (κ3) is 3.28. The number of hydrogen-bond donors (Lipinski definition) is 1. The lowest BCUT2D eigenvalue weighted by molar-refractivity contribution is -0.155. The fraction of sp³-hybridized carbons (Fsp3) is 0.519. The first kappa shape index (κ1) is 21.1. The summed E-state index contributed by atoms with van der Waals surface area (Å²) in [5.74, 6) is 0.209. The van der Waals surface area contributed by atoms with Crippen molar-refractivity contribution >= 4 is 16.7 Å². The summed E-state index contributed by atoms with van der Waals surface area (Å²) in [5, 5.41) is 12.7. The smallest absolute Gasteiger partial charge is 0.308 e. The van der Waals surface area contributed by atoms with Gasteiger partial charge in [-0.1, -0.05) is 69.3 Å². The zero-order chi connectivity index (χ0) is 21.5. The molecular formula is C27H34O3. The van der Waals surface area contributed by atoms with Gasteiger partial charge in [0.1, 0.15) is 6.10 Å². The van der Waals surface area contributed by atoms with E-state index in [1.54, 1.807) is 6.08 Å². The zero-order valence-electron chi connectivity index (χ0n) is 18.4. The Labute approximate surface area is 180 Å². The molecule has 2 aromatic carbocycles. The van der Waals surface area contributed by atoms with Crippen LogP contribution in [0.5, 0.6) is 0 Å². The van der Waals surface area contributed by atoms with E-state index in [0.717, 1.165) is 12.8 Å². The third-order valence-corrected chi connectivity index (χ3v) is 8.32. The molecule has 3 nitrogen and oxygen atoms in total. The highest BCUT2D eigenvalue weighted by atomic mass is 16.5. The predicted molar refractivity (Wildman–Crippen MR) is 121 cm³/mol. The second kappa shape index (κ2) is 7.85. The van der Waals surface area contributed by atoms with Gasteiger partial charge in [0, 0.05) is 11.8 Å². The van der Waals surface area contributed by atoms with Crippen LogP contribution in [0.25, 0.3) is 10.8 Å². The minimum Gasteiger partial charge on any atom is -0.461 e. The van der Waals surface area contributed by atoms with Gasteiger partial charge in [0.15, 0.2) is 0 Å². The van der Waals surface area contributed by atoms with Crippen molar-refractivity contribution in [2.45, 2.75) is 71.0 Å². The predicted octanol–water partition coefficient (Wildman–Crippen LogP) is 6.01. The van der Waals surface area contributed by atoms with Gasteiger partial charge in [-0.05, 0) is 52.8 Å². The largest absolute Gasteiger partial charge is 0.461 e. The highest BCUT2D eigenvalue weighted by Crippen LogP contribution is 2.71. The third-order valence-electron chi connectivity index (χ3n) is 8.32. The molecule has 2 bridgehead atoms.